The molecule has 0 bridgehead atoms. The van der Waals surface area contributed by atoms with Crippen LogP contribution in [0.3, 0.4) is 0 Å². The molecule has 0 heterocycles. The first-order chi connectivity index (χ1) is 7.65. The smallest absolute Gasteiger partial charge is 0.253 e. The molecular formula is C12H13FN2O. The molecule has 4 heteroatoms. The molecule has 0 radical (unpaired) electrons. The van der Waals surface area contributed by atoms with Gasteiger partial charge in [-0.05, 0) is 25.1 Å². The highest BCUT2D eigenvalue weighted by Crippen LogP contribution is 2.12. The van der Waals surface area contributed by atoms with Crippen LogP contribution in [0.25, 0.3) is 0 Å². The first kappa shape index (κ1) is 12.1. The molecule has 0 unspecified atom stereocenters. The van der Waals surface area contributed by atoms with E-state index in [1.165, 1.54) is 12.1 Å². The molecule has 16 heavy (non-hydrogen) atoms. The molecular weight excluding hydrogens is 207 g/mol. The summed E-state index contributed by atoms with van der Waals surface area (Å²) < 4.78 is 12.9. The van der Waals surface area contributed by atoms with E-state index in [2.05, 4.69) is 17.2 Å². The van der Waals surface area contributed by atoms with Crippen molar-refractivity contribution in [3.8, 4) is 11.8 Å². The van der Waals surface area contributed by atoms with Crippen LogP contribution in [-0.2, 0) is 0 Å². The van der Waals surface area contributed by atoms with Crippen molar-refractivity contribution in [2.75, 3.05) is 12.3 Å². The SMILES string of the molecule is CC#CCCNC(=O)c1cc(F)ccc1N. The molecule has 84 valence electrons. The molecule has 0 fully saturated rings. The Hall–Kier alpha value is -2.02. The maximum absolute atomic E-state index is 12.9. The Labute approximate surface area is 93.8 Å². The molecule has 0 aliphatic rings. The van der Waals surface area contributed by atoms with Gasteiger partial charge >= 0.3 is 0 Å². The normalized spacial score (nSPS) is 9.12. The van der Waals surface area contributed by atoms with E-state index in [9.17, 15) is 9.18 Å². The monoisotopic (exact) mass is 220 g/mol. The van der Waals surface area contributed by atoms with E-state index in [1.807, 2.05) is 0 Å². The highest BCUT2D eigenvalue weighted by molar-refractivity contribution is 5.99. The van der Waals surface area contributed by atoms with Crippen LogP contribution in [0.4, 0.5) is 10.1 Å². The molecule has 3 N–H and O–H groups in total. The fraction of sp³-hybridized carbons (Fsp3) is 0.250. The first-order valence-electron chi connectivity index (χ1n) is 4.88. The lowest BCUT2D eigenvalue weighted by atomic mass is 10.1. The van der Waals surface area contributed by atoms with Gasteiger partial charge in [0, 0.05) is 18.7 Å². The minimum Gasteiger partial charge on any atom is -0.398 e. The number of carbonyl (C=O) groups is 1. The third-order valence-electron chi connectivity index (χ3n) is 1.97. The second kappa shape index (κ2) is 5.76. The Balaban J connectivity index is 2.64. The predicted octanol–water partition coefficient (Wildman–Crippen LogP) is 1.55. The highest BCUT2D eigenvalue weighted by atomic mass is 19.1. The zero-order chi connectivity index (χ0) is 12.0. The summed E-state index contributed by atoms with van der Waals surface area (Å²) in [6.45, 7) is 2.15. The summed E-state index contributed by atoms with van der Waals surface area (Å²) in [6, 6.07) is 3.71. The van der Waals surface area contributed by atoms with Crippen molar-refractivity contribution in [3.63, 3.8) is 0 Å². The number of nitrogens with one attached hydrogen (secondary N) is 1. The van der Waals surface area contributed by atoms with E-state index in [1.54, 1.807) is 6.92 Å². The summed E-state index contributed by atoms with van der Waals surface area (Å²) in [5, 5.41) is 2.61. The molecule has 0 aliphatic carbocycles. The van der Waals surface area contributed by atoms with E-state index >= 15 is 0 Å². The van der Waals surface area contributed by atoms with Gasteiger partial charge in [0.2, 0.25) is 0 Å². The number of nitrogen functional groups attached to an aromatic ring is 1. The Bertz CT molecular complexity index is 446. The standard InChI is InChI=1S/C12H13FN2O/c1-2-3-4-7-15-12(16)10-8-9(13)5-6-11(10)14/h5-6,8H,4,7,14H2,1H3,(H,15,16). The number of anilines is 1. The minimum atomic E-state index is -0.479. The summed E-state index contributed by atoms with van der Waals surface area (Å²) in [5.74, 6) is 4.67. The number of benzene rings is 1. The lowest BCUT2D eigenvalue weighted by molar-refractivity contribution is 0.0955. The van der Waals surface area contributed by atoms with Crippen molar-refractivity contribution >= 4 is 11.6 Å². The maximum Gasteiger partial charge on any atom is 0.253 e. The van der Waals surface area contributed by atoms with Gasteiger partial charge in [-0.25, -0.2) is 4.39 Å². The molecule has 1 amide bonds. The number of amides is 1. The molecule has 1 rings (SSSR count). The predicted molar refractivity (Wildman–Crippen MR) is 61.2 cm³/mol. The summed E-state index contributed by atoms with van der Waals surface area (Å²) >= 11 is 0. The lowest BCUT2D eigenvalue weighted by Crippen LogP contribution is -2.25. The Kier molecular flexibility index (Phi) is 4.34. The molecule has 1 aromatic rings. The quantitative estimate of drug-likeness (QED) is 0.461. The largest absolute Gasteiger partial charge is 0.398 e. The number of rotatable bonds is 3. The molecule has 0 aliphatic heterocycles. The Morgan fingerprint density at radius 1 is 1.56 bits per heavy atom. The van der Waals surface area contributed by atoms with Crippen molar-refractivity contribution in [1.29, 1.82) is 0 Å². The van der Waals surface area contributed by atoms with Crippen LogP contribution in [0.2, 0.25) is 0 Å². The van der Waals surface area contributed by atoms with E-state index in [-0.39, 0.29) is 17.2 Å². The van der Waals surface area contributed by atoms with Gasteiger partial charge in [0.25, 0.3) is 5.91 Å². The van der Waals surface area contributed by atoms with Crippen LogP contribution < -0.4 is 11.1 Å². The van der Waals surface area contributed by atoms with Gasteiger partial charge in [-0.3, -0.25) is 4.79 Å². The fourth-order valence-electron chi connectivity index (χ4n) is 1.18. The highest BCUT2D eigenvalue weighted by Gasteiger charge is 2.09. The van der Waals surface area contributed by atoms with Crippen LogP contribution in [0.15, 0.2) is 18.2 Å². The third-order valence-corrected chi connectivity index (χ3v) is 1.97. The number of halogens is 1. The van der Waals surface area contributed by atoms with Gasteiger partial charge in [0.05, 0.1) is 5.56 Å². The zero-order valence-electron chi connectivity index (χ0n) is 9.01. The van der Waals surface area contributed by atoms with Crippen molar-refractivity contribution in [1.82, 2.24) is 5.32 Å². The lowest BCUT2D eigenvalue weighted by Gasteiger charge is -2.05. The van der Waals surface area contributed by atoms with Gasteiger partial charge in [0.15, 0.2) is 0 Å². The van der Waals surface area contributed by atoms with Crippen molar-refractivity contribution in [2.45, 2.75) is 13.3 Å². The molecule has 0 spiro atoms. The van der Waals surface area contributed by atoms with Gasteiger partial charge in [-0.15, -0.1) is 11.8 Å². The summed E-state index contributed by atoms with van der Waals surface area (Å²) in [7, 11) is 0. The summed E-state index contributed by atoms with van der Waals surface area (Å²) in [4.78, 5) is 11.6. The second-order valence-electron chi connectivity index (χ2n) is 3.16. The molecule has 1 aromatic carbocycles. The topological polar surface area (TPSA) is 55.1 Å². The van der Waals surface area contributed by atoms with Crippen LogP contribution in [0, 0.1) is 17.7 Å². The molecule has 0 atom stereocenters. The molecule has 0 saturated carbocycles. The Morgan fingerprint density at radius 3 is 3.00 bits per heavy atom. The van der Waals surface area contributed by atoms with Crippen LogP contribution >= 0.6 is 0 Å². The summed E-state index contributed by atoms with van der Waals surface area (Å²) in [6.07, 6.45) is 0.567. The van der Waals surface area contributed by atoms with Gasteiger partial charge < -0.3 is 11.1 Å². The van der Waals surface area contributed by atoms with Crippen LogP contribution in [0.5, 0.6) is 0 Å². The van der Waals surface area contributed by atoms with Crippen molar-refractivity contribution < 1.29 is 9.18 Å². The Morgan fingerprint density at radius 2 is 2.31 bits per heavy atom. The van der Waals surface area contributed by atoms with E-state index in [4.69, 9.17) is 5.73 Å². The number of nitrogens with two attached hydrogens (primary N) is 1. The second-order valence-corrected chi connectivity index (χ2v) is 3.16. The molecule has 0 saturated heterocycles. The summed E-state index contributed by atoms with van der Waals surface area (Å²) in [5.41, 5.74) is 5.99. The average molecular weight is 220 g/mol. The molecule has 0 aromatic heterocycles. The van der Waals surface area contributed by atoms with Crippen molar-refractivity contribution in [3.05, 3.63) is 29.6 Å². The van der Waals surface area contributed by atoms with Crippen LogP contribution in [-0.4, -0.2) is 12.5 Å². The van der Waals surface area contributed by atoms with Crippen molar-refractivity contribution in [2.24, 2.45) is 0 Å². The fourth-order valence-corrected chi connectivity index (χ4v) is 1.18. The number of carbonyl (C=O) groups excluding carboxylic acids is 1. The number of hydrogen-bond donors (Lipinski definition) is 2. The van der Waals surface area contributed by atoms with Gasteiger partial charge in [-0.2, -0.15) is 0 Å². The maximum atomic E-state index is 12.9. The average Bonchev–Trinajstić information content (AvgIpc) is 2.27. The van der Waals surface area contributed by atoms with Gasteiger partial charge in [0.1, 0.15) is 5.82 Å². The van der Waals surface area contributed by atoms with Crippen LogP contribution in [0.1, 0.15) is 23.7 Å². The van der Waals surface area contributed by atoms with E-state index in [0.717, 1.165) is 6.07 Å². The molecule has 3 nitrogen and oxygen atoms in total. The minimum absolute atomic E-state index is 0.157. The zero-order valence-corrected chi connectivity index (χ0v) is 9.01. The van der Waals surface area contributed by atoms with Gasteiger partial charge in [-0.1, -0.05) is 0 Å². The third kappa shape index (κ3) is 3.28. The van der Waals surface area contributed by atoms with E-state index < -0.39 is 5.82 Å². The van der Waals surface area contributed by atoms with E-state index in [0.29, 0.717) is 13.0 Å². The first-order valence-corrected chi connectivity index (χ1v) is 4.88. The number of hydrogen-bond acceptors (Lipinski definition) is 2.